The molecular weight excluding hydrogens is 438 g/mol. The van der Waals surface area contributed by atoms with Gasteiger partial charge in [-0.05, 0) is 43.3 Å². The van der Waals surface area contributed by atoms with Crippen molar-refractivity contribution in [1.29, 1.82) is 0 Å². The molecular formula is C24H31N5O3S. The van der Waals surface area contributed by atoms with Crippen molar-refractivity contribution in [1.82, 2.24) is 15.1 Å². The summed E-state index contributed by atoms with van der Waals surface area (Å²) in [7, 11) is 0. The molecule has 0 spiro atoms. The summed E-state index contributed by atoms with van der Waals surface area (Å²) < 4.78 is 0. The first-order valence-corrected chi connectivity index (χ1v) is 12.2. The molecule has 0 radical (unpaired) electrons. The molecule has 8 nitrogen and oxygen atoms in total. The topological polar surface area (TPSA) is 102 Å². The van der Waals surface area contributed by atoms with E-state index in [4.69, 9.17) is 5.73 Å². The predicted octanol–water partition coefficient (Wildman–Crippen LogP) is 2.07. The zero-order chi connectivity index (χ0) is 23.2. The Balaban J connectivity index is 1.32. The molecule has 0 aromatic heterocycles. The molecule has 0 atom stereocenters. The number of hydrogen-bond acceptors (Lipinski definition) is 7. The van der Waals surface area contributed by atoms with Gasteiger partial charge in [0.25, 0.3) is 0 Å². The van der Waals surface area contributed by atoms with E-state index in [2.05, 4.69) is 32.1 Å². The molecule has 9 heteroatoms. The Morgan fingerprint density at radius 3 is 2.36 bits per heavy atom. The van der Waals surface area contributed by atoms with E-state index in [0.717, 1.165) is 68.5 Å². The van der Waals surface area contributed by atoms with Gasteiger partial charge in [-0.3, -0.25) is 9.69 Å². The lowest BCUT2D eigenvalue weighted by molar-refractivity contribution is -0.119. The van der Waals surface area contributed by atoms with Gasteiger partial charge in [-0.1, -0.05) is 23.9 Å². The molecule has 2 aliphatic rings. The fraction of sp³-hybridized carbons (Fsp3) is 0.417. The Labute approximate surface area is 198 Å². The van der Waals surface area contributed by atoms with Crippen molar-refractivity contribution in [2.45, 2.75) is 16.2 Å². The highest BCUT2D eigenvalue weighted by atomic mass is 32.2. The lowest BCUT2D eigenvalue weighted by Crippen LogP contribution is -2.49. The minimum atomic E-state index is -0.901. The smallest absolute Gasteiger partial charge is 0.335 e. The van der Waals surface area contributed by atoms with Crippen LogP contribution in [0.15, 0.2) is 52.3 Å². The fourth-order valence-corrected chi connectivity index (χ4v) is 5.39. The number of carbonyl (C=O) groups excluding carboxylic acids is 1. The molecule has 2 aliphatic heterocycles. The zero-order valence-corrected chi connectivity index (χ0v) is 19.5. The highest BCUT2D eigenvalue weighted by Gasteiger charge is 2.24. The molecule has 1 saturated heterocycles. The van der Waals surface area contributed by atoms with Crippen LogP contribution in [0, 0.1) is 0 Å². The molecule has 0 unspecified atom stereocenters. The Morgan fingerprint density at radius 1 is 0.939 bits per heavy atom. The molecule has 2 aromatic carbocycles. The Hall–Kier alpha value is -2.59. The third-order valence-electron chi connectivity index (χ3n) is 6.13. The number of fused-ring (bicyclic) bond motifs is 2. The van der Waals surface area contributed by atoms with Gasteiger partial charge in [-0.2, -0.15) is 0 Å². The fourth-order valence-electron chi connectivity index (χ4n) is 4.32. The van der Waals surface area contributed by atoms with Crippen molar-refractivity contribution in [2.75, 3.05) is 63.8 Å². The number of rotatable bonds is 9. The van der Waals surface area contributed by atoms with Gasteiger partial charge in [0.2, 0.25) is 5.91 Å². The van der Waals surface area contributed by atoms with Crippen molar-refractivity contribution in [3.8, 4) is 0 Å². The van der Waals surface area contributed by atoms with E-state index in [9.17, 15) is 14.7 Å². The summed E-state index contributed by atoms with van der Waals surface area (Å²) in [4.78, 5) is 32.2. The lowest BCUT2D eigenvalue weighted by Gasteiger charge is -2.36. The molecule has 0 bridgehead atoms. The number of amides is 1. The number of aromatic carboxylic acids is 1. The number of anilines is 2. The van der Waals surface area contributed by atoms with E-state index >= 15 is 0 Å². The van der Waals surface area contributed by atoms with Crippen molar-refractivity contribution >= 4 is 35.0 Å². The quantitative estimate of drug-likeness (QED) is 0.513. The molecule has 4 rings (SSSR count). The summed E-state index contributed by atoms with van der Waals surface area (Å²) in [6, 6.07) is 13.7. The normalized spacial score (nSPS) is 16.2. The Morgan fingerprint density at radius 2 is 1.64 bits per heavy atom. The zero-order valence-electron chi connectivity index (χ0n) is 18.7. The van der Waals surface area contributed by atoms with Gasteiger partial charge in [-0.15, -0.1) is 0 Å². The number of piperazine rings is 1. The first-order chi connectivity index (χ1) is 16.0. The Kier molecular flexibility index (Phi) is 7.87. The van der Waals surface area contributed by atoms with Gasteiger partial charge in [0, 0.05) is 55.6 Å². The third kappa shape index (κ3) is 5.86. The van der Waals surface area contributed by atoms with Crippen LogP contribution in [0.1, 0.15) is 16.8 Å². The number of hydrogen-bond donors (Lipinski definition) is 3. The predicted molar refractivity (Wildman–Crippen MR) is 131 cm³/mol. The number of para-hydroxylation sites is 1. The first-order valence-electron chi connectivity index (χ1n) is 11.4. The summed E-state index contributed by atoms with van der Waals surface area (Å²) >= 11 is 1.69. The first kappa shape index (κ1) is 23.6. The summed E-state index contributed by atoms with van der Waals surface area (Å²) in [5.74, 6) is -1.01. The number of nitrogens with two attached hydrogens (primary N) is 1. The number of nitrogens with zero attached hydrogens (tertiary/aromatic N) is 3. The van der Waals surface area contributed by atoms with Gasteiger partial charge in [0.1, 0.15) is 0 Å². The lowest BCUT2D eigenvalue weighted by atomic mass is 10.1. The minimum absolute atomic E-state index is 0.0378. The standard InChI is InChI=1S/C24H31N5O3S/c25-17-23(30)26-8-11-28-14-12-27(13-15-28)9-3-10-29-19-4-1-2-5-21(19)33-22-7-6-18(24(31)32)16-20(22)29/h1-2,4-7,16H,3,8-15,17,25H2,(H,26,30)(H,31,32). The van der Waals surface area contributed by atoms with Crippen LogP contribution in [-0.2, 0) is 4.79 Å². The largest absolute Gasteiger partial charge is 0.478 e. The summed E-state index contributed by atoms with van der Waals surface area (Å²) in [6.45, 7) is 7.37. The minimum Gasteiger partial charge on any atom is -0.478 e. The van der Waals surface area contributed by atoms with E-state index in [1.165, 1.54) is 4.90 Å². The average molecular weight is 470 g/mol. The van der Waals surface area contributed by atoms with Gasteiger partial charge in [0.15, 0.2) is 0 Å². The van der Waals surface area contributed by atoms with Crippen LogP contribution in [0.25, 0.3) is 0 Å². The number of nitrogens with one attached hydrogen (secondary N) is 1. The maximum absolute atomic E-state index is 11.5. The van der Waals surface area contributed by atoms with Crippen molar-refractivity contribution < 1.29 is 14.7 Å². The molecule has 2 aromatic rings. The van der Waals surface area contributed by atoms with Crippen LogP contribution in [0.4, 0.5) is 11.4 Å². The molecule has 2 heterocycles. The second-order valence-corrected chi connectivity index (χ2v) is 9.38. The second-order valence-electron chi connectivity index (χ2n) is 8.30. The van der Waals surface area contributed by atoms with Crippen LogP contribution < -0.4 is 16.0 Å². The van der Waals surface area contributed by atoms with Gasteiger partial charge in [0.05, 0.1) is 23.5 Å². The van der Waals surface area contributed by atoms with Crippen LogP contribution in [0.2, 0.25) is 0 Å². The van der Waals surface area contributed by atoms with E-state index < -0.39 is 5.97 Å². The maximum atomic E-state index is 11.5. The molecule has 33 heavy (non-hydrogen) atoms. The van der Waals surface area contributed by atoms with Crippen molar-refractivity contribution in [3.05, 3.63) is 48.0 Å². The number of carbonyl (C=O) groups is 2. The Bertz CT molecular complexity index is 994. The van der Waals surface area contributed by atoms with Crippen molar-refractivity contribution in [2.24, 2.45) is 5.73 Å². The maximum Gasteiger partial charge on any atom is 0.335 e. The highest BCUT2D eigenvalue weighted by molar-refractivity contribution is 7.99. The van der Waals surface area contributed by atoms with Crippen LogP contribution in [-0.4, -0.2) is 85.7 Å². The summed E-state index contributed by atoms with van der Waals surface area (Å²) in [5, 5.41) is 12.3. The van der Waals surface area contributed by atoms with Gasteiger partial charge >= 0.3 is 5.97 Å². The van der Waals surface area contributed by atoms with Crippen LogP contribution >= 0.6 is 11.8 Å². The average Bonchev–Trinajstić information content (AvgIpc) is 2.84. The number of benzene rings is 2. The second kappa shape index (κ2) is 11.0. The number of carboxylic acid groups (broad SMARTS) is 1. The van der Waals surface area contributed by atoms with Crippen LogP contribution in [0.5, 0.6) is 0 Å². The number of carboxylic acids is 1. The van der Waals surface area contributed by atoms with E-state index in [-0.39, 0.29) is 12.5 Å². The summed E-state index contributed by atoms with van der Waals surface area (Å²) in [6.07, 6.45) is 0.988. The molecule has 0 saturated carbocycles. The molecule has 176 valence electrons. The SMILES string of the molecule is NCC(=O)NCCN1CCN(CCCN2c3ccccc3Sc3ccc(C(=O)O)cc32)CC1. The molecule has 1 amide bonds. The van der Waals surface area contributed by atoms with E-state index in [1.54, 1.807) is 23.9 Å². The van der Waals surface area contributed by atoms with Crippen LogP contribution in [0.3, 0.4) is 0 Å². The monoisotopic (exact) mass is 469 g/mol. The van der Waals surface area contributed by atoms with E-state index in [0.29, 0.717) is 12.1 Å². The van der Waals surface area contributed by atoms with Gasteiger partial charge < -0.3 is 26.0 Å². The third-order valence-corrected chi connectivity index (χ3v) is 7.26. The highest BCUT2D eigenvalue weighted by Crippen LogP contribution is 2.48. The van der Waals surface area contributed by atoms with Crippen molar-refractivity contribution in [3.63, 3.8) is 0 Å². The van der Waals surface area contributed by atoms with E-state index in [1.807, 2.05) is 18.2 Å². The summed E-state index contributed by atoms with van der Waals surface area (Å²) in [5.41, 5.74) is 7.75. The molecule has 4 N–H and O–H groups in total. The molecule has 0 aliphatic carbocycles. The van der Waals surface area contributed by atoms with Gasteiger partial charge in [-0.25, -0.2) is 4.79 Å². The molecule has 1 fully saturated rings.